The Morgan fingerprint density at radius 2 is 2.20 bits per heavy atom. The van der Waals surface area contributed by atoms with Crippen LogP contribution in [0.15, 0.2) is 4.42 Å². The van der Waals surface area contributed by atoms with E-state index < -0.39 is 12.0 Å². The Morgan fingerprint density at radius 3 is 2.85 bits per heavy atom. The van der Waals surface area contributed by atoms with Gasteiger partial charge in [0.15, 0.2) is 0 Å². The largest absolute Gasteiger partial charge is 0.480 e. The third-order valence-corrected chi connectivity index (χ3v) is 3.27. The number of carboxylic acids is 1. The first kappa shape index (κ1) is 14.4. The van der Waals surface area contributed by atoms with Crippen LogP contribution >= 0.6 is 0 Å². The number of nitrogens with one attached hydrogen (secondary N) is 1. The van der Waals surface area contributed by atoms with E-state index >= 15 is 0 Å². The zero-order valence-electron chi connectivity index (χ0n) is 11.3. The molecule has 110 valence electrons. The molecular weight excluding hydrogens is 264 g/mol. The molecule has 1 fully saturated rings. The molecule has 1 aliphatic rings. The molecule has 8 nitrogen and oxygen atoms in total. The highest BCUT2D eigenvalue weighted by Crippen LogP contribution is 2.17. The predicted octanol–water partition coefficient (Wildman–Crippen LogP) is 0.646. The number of likely N-dealkylation sites (tertiary alicyclic amines) is 1. The maximum Gasteiger partial charge on any atom is 0.322 e. The van der Waals surface area contributed by atoms with Crippen molar-refractivity contribution < 1.29 is 19.1 Å². The molecule has 0 saturated carbocycles. The SMILES string of the molecule is Cc1nnc(NC(=O)CN2CCCCCC2C(=O)O)o1. The van der Waals surface area contributed by atoms with Gasteiger partial charge in [0, 0.05) is 6.92 Å². The minimum absolute atomic E-state index is 0.0123. The van der Waals surface area contributed by atoms with Gasteiger partial charge in [-0.15, -0.1) is 5.10 Å². The van der Waals surface area contributed by atoms with Gasteiger partial charge in [-0.05, 0) is 19.4 Å². The van der Waals surface area contributed by atoms with Crippen LogP contribution in [-0.2, 0) is 9.59 Å². The summed E-state index contributed by atoms with van der Waals surface area (Å²) in [5.41, 5.74) is 0. The number of carboxylic acid groups (broad SMARTS) is 1. The van der Waals surface area contributed by atoms with E-state index in [0.717, 1.165) is 19.3 Å². The highest BCUT2D eigenvalue weighted by molar-refractivity contribution is 5.90. The zero-order chi connectivity index (χ0) is 14.5. The van der Waals surface area contributed by atoms with E-state index in [4.69, 9.17) is 4.42 Å². The quantitative estimate of drug-likeness (QED) is 0.834. The number of aryl methyl sites for hydroxylation is 1. The Balaban J connectivity index is 1.95. The molecule has 0 aliphatic carbocycles. The maximum atomic E-state index is 11.9. The zero-order valence-corrected chi connectivity index (χ0v) is 11.3. The van der Waals surface area contributed by atoms with Gasteiger partial charge in [0.1, 0.15) is 6.04 Å². The van der Waals surface area contributed by atoms with E-state index in [1.54, 1.807) is 11.8 Å². The summed E-state index contributed by atoms with van der Waals surface area (Å²) in [5.74, 6) is -0.867. The van der Waals surface area contributed by atoms with Crippen molar-refractivity contribution in [2.24, 2.45) is 0 Å². The molecule has 1 unspecified atom stereocenters. The highest BCUT2D eigenvalue weighted by Gasteiger charge is 2.28. The van der Waals surface area contributed by atoms with Gasteiger partial charge in [0.25, 0.3) is 0 Å². The minimum atomic E-state index is -0.881. The Bertz CT molecular complexity index is 488. The number of carbonyl (C=O) groups is 2. The number of aliphatic carboxylic acids is 1. The lowest BCUT2D eigenvalue weighted by molar-refractivity contribution is -0.143. The Labute approximate surface area is 116 Å². The number of rotatable bonds is 4. The van der Waals surface area contributed by atoms with E-state index in [2.05, 4.69) is 15.5 Å². The van der Waals surface area contributed by atoms with Gasteiger partial charge in [0.2, 0.25) is 11.8 Å². The fraction of sp³-hybridized carbons (Fsp3) is 0.667. The first-order chi connectivity index (χ1) is 9.56. The van der Waals surface area contributed by atoms with Gasteiger partial charge < -0.3 is 9.52 Å². The number of carbonyl (C=O) groups excluding carboxylic acids is 1. The molecule has 1 saturated heterocycles. The van der Waals surface area contributed by atoms with Crippen molar-refractivity contribution >= 4 is 17.9 Å². The van der Waals surface area contributed by atoms with Crippen LogP contribution in [0.4, 0.5) is 6.01 Å². The number of hydrogen-bond donors (Lipinski definition) is 2. The van der Waals surface area contributed by atoms with Crippen LogP contribution < -0.4 is 5.32 Å². The summed E-state index contributed by atoms with van der Waals surface area (Å²) in [7, 11) is 0. The number of hydrogen-bond acceptors (Lipinski definition) is 6. The van der Waals surface area contributed by atoms with Crippen molar-refractivity contribution in [2.75, 3.05) is 18.4 Å². The average Bonchev–Trinajstić information content (AvgIpc) is 2.64. The summed E-state index contributed by atoms with van der Waals surface area (Å²) in [6, 6.07) is -0.568. The fourth-order valence-electron chi connectivity index (χ4n) is 2.33. The van der Waals surface area contributed by atoms with E-state index in [1.807, 2.05) is 0 Å². The molecule has 0 spiro atoms. The van der Waals surface area contributed by atoms with Gasteiger partial charge in [-0.2, -0.15) is 0 Å². The summed E-state index contributed by atoms with van der Waals surface area (Å²) < 4.78 is 5.05. The highest BCUT2D eigenvalue weighted by atomic mass is 16.4. The molecule has 2 N–H and O–H groups in total. The van der Waals surface area contributed by atoms with E-state index in [1.165, 1.54) is 0 Å². The Morgan fingerprint density at radius 1 is 1.40 bits per heavy atom. The minimum Gasteiger partial charge on any atom is -0.480 e. The molecule has 20 heavy (non-hydrogen) atoms. The first-order valence-electron chi connectivity index (χ1n) is 6.63. The van der Waals surface area contributed by atoms with Crippen LogP contribution in [0.2, 0.25) is 0 Å². The van der Waals surface area contributed by atoms with Gasteiger partial charge in [0.05, 0.1) is 6.54 Å². The van der Waals surface area contributed by atoms with Crippen molar-refractivity contribution in [3.63, 3.8) is 0 Å². The lowest BCUT2D eigenvalue weighted by atomic mass is 10.1. The maximum absolute atomic E-state index is 11.9. The lowest BCUT2D eigenvalue weighted by Crippen LogP contribution is -2.44. The third kappa shape index (κ3) is 3.77. The normalized spacial score (nSPS) is 20.4. The monoisotopic (exact) mass is 282 g/mol. The van der Waals surface area contributed by atoms with Crippen LogP contribution in [0.5, 0.6) is 0 Å². The molecule has 8 heteroatoms. The molecule has 0 bridgehead atoms. The third-order valence-electron chi connectivity index (χ3n) is 3.27. The van der Waals surface area contributed by atoms with E-state index in [0.29, 0.717) is 18.9 Å². The molecular formula is C12H18N4O4. The number of anilines is 1. The van der Waals surface area contributed by atoms with Crippen molar-refractivity contribution in [1.82, 2.24) is 15.1 Å². The molecule has 1 aromatic rings. The lowest BCUT2D eigenvalue weighted by Gasteiger charge is -2.25. The first-order valence-corrected chi connectivity index (χ1v) is 6.63. The standard InChI is InChI=1S/C12H18N4O4/c1-8-14-15-12(20-8)13-10(17)7-16-6-4-2-3-5-9(16)11(18)19/h9H,2-7H2,1H3,(H,18,19)(H,13,15,17). The second-order valence-electron chi connectivity index (χ2n) is 4.85. The van der Waals surface area contributed by atoms with Crippen molar-refractivity contribution in [3.8, 4) is 0 Å². The molecule has 1 aliphatic heterocycles. The Kier molecular flexibility index (Phi) is 4.67. The summed E-state index contributed by atoms with van der Waals surface area (Å²) in [6.07, 6.45) is 3.34. The van der Waals surface area contributed by atoms with Crippen LogP contribution in [0, 0.1) is 6.92 Å². The summed E-state index contributed by atoms with van der Waals surface area (Å²) >= 11 is 0. The van der Waals surface area contributed by atoms with Gasteiger partial charge in [-0.1, -0.05) is 17.9 Å². The summed E-state index contributed by atoms with van der Waals surface area (Å²) in [4.78, 5) is 24.8. The number of nitrogens with zero attached hydrogens (tertiary/aromatic N) is 3. The van der Waals surface area contributed by atoms with Crippen molar-refractivity contribution in [3.05, 3.63) is 5.89 Å². The predicted molar refractivity (Wildman–Crippen MR) is 69.1 cm³/mol. The van der Waals surface area contributed by atoms with Gasteiger partial charge in [-0.3, -0.25) is 19.8 Å². The smallest absolute Gasteiger partial charge is 0.322 e. The summed E-state index contributed by atoms with van der Waals surface area (Å²) in [6.45, 7) is 2.24. The molecule has 2 rings (SSSR count). The molecule has 1 aromatic heterocycles. The average molecular weight is 282 g/mol. The van der Waals surface area contributed by atoms with Crippen molar-refractivity contribution in [2.45, 2.75) is 38.6 Å². The van der Waals surface area contributed by atoms with Crippen LogP contribution in [0.1, 0.15) is 31.6 Å². The fourth-order valence-corrected chi connectivity index (χ4v) is 2.33. The second kappa shape index (κ2) is 6.47. The van der Waals surface area contributed by atoms with Crippen LogP contribution in [0.3, 0.4) is 0 Å². The Hall–Kier alpha value is -1.96. The molecule has 1 atom stereocenters. The van der Waals surface area contributed by atoms with Gasteiger partial charge in [-0.25, -0.2) is 0 Å². The number of amides is 1. The topological polar surface area (TPSA) is 109 Å². The number of aromatic nitrogens is 2. The van der Waals surface area contributed by atoms with Crippen LogP contribution in [-0.4, -0.2) is 51.2 Å². The summed E-state index contributed by atoms with van der Waals surface area (Å²) in [5, 5.41) is 19.0. The molecule has 0 aromatic carbocycles. The molecule has 2 heterocycles. The van der Waals surface area contributed by atoms with Crippen molar-refractivity contribution in [1.29, 1.82) is 0 Å². The second-order valence-corrected chi connectivity index (χ2v) is 4.85. The molecule has 0 radical (unpaired) electrons. The van der Waals surface area contributed by atoms with Gasteiger partial charge >= 0.3 is 12.0 Å². The van der Waals surface area contributed by atoms with E-state index in [-0.39, 0.29) is 18.5 Å². The van der Waals surface area contributed by atoms with E-state index in [9.17, 15) is 14.7 Å². The van der Waals surface area contributed by atoms with Crippen LogP contribution in [0.25, 0.3) is 0 Å². The molecule has 1 amide bonds.